The van der Waals surface area contributed by atoms with Crippen LogP contribution in [-0.2, 0) is 19.1 Å². The van der Waals surface area contributed by atoms with Crippen LogP contribution in [0.15, 0.2) is 24.3 Å². The predicted octanol–water partition coefficient (Wildman–Crippen LogP) is 1.54. The van der Waals surface area contributed by atoms with Gasteiger partial charge in [0.2, 0.25) is 11.8 Å². The van der Waals surface area contributed by atoms with Gasteiger partial charge in [-0.15, -0.1) is 0 Å². The van der Waals surface area contributed by atoms with Crippen LogP contribution in [-0.4, -0.2) is 55.3 Å². The fourth-order valence-corrected chi connectivity index (χ4v) is 3.12. The van der Waals surface area contributed by atoms with Crippen LogP contribution in [0, 0.1) is 5.82 Å². The van der Waals surface area contributed by atoms with Gasteiger partial charge in [-0.2, -0.15) is 0 Å². The number of benzene rings is 1. The second-order valence-electron chi connectivity index (χ2n) is 6.07. The van der Waals surface area contributed by atoms with E-state index in [0.29, 0.717) is 44.8 Å². The number of rotatable bonds is 3. The van der Waals surface area contributed by atoms with Gasteiger partial charge >= 0.3 is 0 Å². The molecule has 3 rings (SSSR count). The third kappa shape index (κ3) is 3.57. The maximum absolute atomic E-state index is 13.0. The highest BCUT2D eigenvalue weighted by Crippen LogP contribution is 2.31. The summed E-state index contributed by atoms with van der Waals surface area (Å²) in [7, 11) is 0. The Balaban J connectivity index is 1.62. The molecule has 1 aromatic carbocycles. The van der Waals surface area contributed by atoms with Gasteiger partial charge in [-0.1, -0.05) is 0 Å². The molecule has 130 valence electrons. The molecule has 0 aromatic heterocycles. The van der Waals surface area contributed by atoms with Crippen LogP contribution in [0.2, 0.25) is 0 Å². The summed E-state index contributed by atoms with van der Waals surface area (Å²) in [6, 6.07) is 5.54. The normalized spacial score (nSPS) is 19.5. The van der Waals surface area contributed by atoms with Crippen LogP contribution < -0.4 is 4.90 Å². The molecule has 6 nitrogen and oxygen atoms in total. The van der Waals surface area contributed by atoms with Crippen molar-refractivity contribution in [3.63, 3.8) is 0 Å². The summed E-state index contributed by atoms with van der Waals surface area (Å²) in [6.45, 7) is 3.59. The molecule has 1 spiro atoms. The van der Waals surface area contributed by atoms with Crippen LogP contribution in [0.5, 0.6) is 0 Å². The molecule has 0 atom stereocenters. The lowest BCUT2D eigenvalue weighted by Crippen LogP contribution is -2.50. The fourth-order valence-electron chi connectivity index (χ4n) is 3.12. The average molecular weight is 336 g/mol. The molecule has 0 unspecified atom stereocenters. The van der Waals surface area contributed by atoms with Crippen molar-refractivity contribution < 1.29 is 23.5 Å². The van der Waals surface area contributed by atoms with Gasteiger partial charge in [0.25, 0.3) is 0 Å². The zero-order valence-corrected chi connectivity index (χ0v) is 13.7. The molecule has 0 saturated carbocycles. The van der Waals surface area contributed by atoms with Gasteiger partial charge in [0.1, 0.15) is 12.4 Å². The first-order valence-electron chi connectivity index (χ1n) is 8.08. The Morgan fingerprint density at radius 3 is 2.29 bits per heavy atom. The van der Waals surface area contributed by atoms with Gasteiger partial charge < -0.3 is 19.3 Å². The van der Waals surface area contributed by atoms with E-state index in [1.165, 1.54) is 36.1 Å². The molecule has 2 aliphatic rings. The van der Waals surface area contributed by atoms with Crippen LogP contribution in [0.25, 0.3) is 0 Å². The topological polar surface area (TPSA) is 59.1 Å². The van der Waals surface area contributed by atoms with Gasteiger partial charge in [-0.3, -0.25) is 9.59 Å². The van der Waals surface area contributed by atoms with E-state index in [1.54, 1.807) is 4.90 Å². The highest BCUT2D eigenvalue weighted by atomic mass is 19.1. The lowest BCUT2D eigenvalue weighted by atomic mass is 10.0. The fraction of sp³-hybridized carbons (Fsp3) is 0.529. The summed E-state index contributed by atoms with van der Waals surface area (Å²) in [4.78, 5) is 27.5. The predicted molar refractivity (Wildman–Crippen MR) is 84.9 cm³/mol. The monoisotopic (exact) mass is 336 g/mol. The highest BCUT2D eigenvalue weighted by Gasteiger charge is 2.40. The van der Waals surface area contributed by atoms with Crippen LogP contribution in [0.4, 0.5) is 10.1 Å². The Hall–Kier alpha value is -1.99. The molecule has 1 aromatic rings. The molecule has 2 heterocycles. The second kappa shape index (κ2) is 6.86. The molecule has 2 aliphatic heterocycles. The van der Waals surface area contributed by atoms with Crippen molar-refractivity contribution in [1.82, 2.24) is 4.90 Å². The number of anilines is 1. The van der Waals surface area contributed by atoms with Crippen molar-refractivity contribution in [2.45, 2.75) is 25.6 Å². The minimum absolute atomic E-state index is 0.0598. The van der Waals surface area contributed by atoms with Crippen molar-refractivity contribution >= 4 is 17.5 Å². The first-order chi connectivity index (χ1) is 11.5. The Labute approximate surface area is 140 Å². The van der Waals surface area contributed by atoms with Crippen molar-refractivity contribution in [2.75, 3.05) is 37.7 Å². The quantitative estimate of drug-likeness (QED) is 0.840. The smallest absolute Gasteiger partial charge is 0.242 e. The summed E-state index contributed by atoms with van der Waals surface area (Å²) < 4.78 is 24.3. The van der Waals surface area contributed by atoms with Gasteiger partial charge in [0.15, 0.2) is 5.79 Å². The van der Waals surface area contributed by atoms with Crippen molar-refractivity contribution in [3.05, 3.63) is 30.1 Å². The number of hydrogen-bond donors (Lipinski definition) is 0. The third-order valence-electron chi connectivity index (χ3n) is 4.50. The Morgan fingerprint density at radius 1 is 1.17 bits per heavy atom. The second-order valence-corrected chi connectivity index (χ2v) is 6.07. The minimum atomic E-state index is -0.534. The van der Waals surface area contributed by atoms with E-state index in [-0.39, 0.29) is 24.2 Å². The first-order valence-corrected chi connectivity index (χ1v) is 8.08. The van der Waals surface area contributed by atoms with E-state index in [4.69, 9.17) is 9.47 Å². The van der Waals surface area contributed by atoms with Crippen LogP contribution in [0.3, 0.4) is 0 Å². The summed E-state index contributed by atoms with van der Waals surface area (Å²) >= 11 is 0. The number of amides is 2. The molecule has 0 N–H and O–H groups in total. The molecule has 2 fully saturated rings. The number of piperidine rings is 1. The number of ether oxygens (including phenoxy) is 2. The highest BCUT2D eigenvalue weighted by molar-refractivity contribution is 5.97. The Morgan fingerprint density at radius 2 is 1.75 bits per heavy atom. The Kier molecular flexibility index (Phi) is 4.82. The van der Waals surface area contributed by atoms with Crippen molar-refractivity contribution in [2.24, 2.45) is 0 Å². The van der Waals surface area contributed by atoms with E-state index >= 15 is 0 Å². The maximum Gasteiger partial charge on any atom is 0.242 e. The van der Waals surface area contributed by atoms with Crippen molar-refractivity contribution in [1.29, 1.82) is 0 Å². The summed E-state index contributed by atoms with van der Waals surface area (Å²) in [5.74, 6) is -1.31. The standard InChI is InChI=1S/C17H21FN2O4/c1-13(21)20(15-4-2-14(18)3-5-15)12-16(22)19-8-6-17(7-9-19)23-10-11-24-17/h2-5H,6-12H2,1H3. The zero-order chi connectivity index (χ0) is 17.2. The van der Waals surface area contributed by atoms with Crippen LogP contribution >= 0.6 is 0 Å². The molecule has 0 bridgehead atoms. The molecule has 0 radical (unpaired) electrons. The Bertz CT molecular complexity index is 604. The van der Waals surface area contributed by atoms with E-state index in [0.717, 1.165) is 0 Å². The zero-order valence-electron chi connectivity index (χ0n) is 13.7. The van der Waals surface area contributed by atoms with Gasteiger partial charge in [-0.05, 0) is 24.3 Å². The molecule has 7 heteroatoms. The SMILES string of the molecule is CC(=O)N(CC(=O)N1CCC2(CC1)OCCO2)c1ccc(F)cc1. The van der Waals surface area contributed by atoms with E-state index in [1.807, 2.05) is 0 Å². The number of carbonyl (C=O) groups excluding carboxylic acids is 2. The number of carbonyl (C=O) groups is 2. The maximum atomic E-state index is 13.0. The van der Waals surface area contributed by atoms with Gasteiger partial charge in [-0.25, -0.2) is 4.39 Å². The lowest BCUT2D eigenvalue weighted by Gasteiger charge is -2.38. The number of likely N-dealkylation sites (tertiary alicyclic amines) is 1. The number of hydrogen-bond acceptors (Lipinski definition) is 4. The molecular weight excluding hydrogens is 315 g/mol. The molecule has 2 saturated heterocycles. The van der Waals surface area contributed by atoms with E-state index in [2.05, 4.69) is 0 Å². The number of nitrogens with zero attached hydrogens (tertiary/aromatic N) is 2. The molecule has 24 heavy (non-hydrogen) atoms. The molecule has 2 amide bonds. The first kappa shape index (κ1) is 16.9. The van der Waals surface area contributed by atoms with Gasteiger partial charge in [0.05, 0.1) is 13.2 Å². The summed E-state index contributed by atoms with van der Waals surface area (Å²) in [5, 5.41) is 0. The molecular formula is C17H21FN2O4. The van der Waals surface area contributed by atoms with E-state index < -0.39 is 5.79 Å². The van der Waals surface area contributed by atoms with Crippen LogP contribution in [0.1, 0.15) is 19.8 Å². The van der Waals surface area contributed by atoms with Gasteiger partial charge in [0, 0.05) is 38.5 Å². The third-order valence-corrected chi connectivity index (χ3v) is 4.50. The molecule has 0 aliphatic carbocycles. The summed E-state index contributed by atoms with van der Waals surface area (Å²) in [5.41, 5.74) is 0.508. The average Bonchev–Trinajstić information content (AvgIpc) is 3.02. The largest absolute Gasteiger partial charge is 0.347 e. The van der Waals surface area contributed by atoms with E-state index in [9.17, 15) is 14.0 Å². The van der Waals surface area contributed by atoms with Crippen molar-refractivity contribution in [3.8, 4) is 0 Å². The lowest BCUT2D eigenvalue weighted by molar-refractivity contribution is -0.187. The minimum Gasteiger partial charge on any atom is -0.347 e. The number of halogens is 1. The summed E-state index contributed by atoms with van der Waals surface area (Å²) in [6.07, 6.45) is 1.27.